The Labute approximate surface area is 143 Å². The van der Waals surface area contributed by atoms with Crippen molar-refractivity contribution >= 4 is 11.4 Å². The van der Waals surface area contributed by atoms with E-state index in [1.165, 1.54) is 11.4 Å². The molecule has 23 heavy (non-hydrogen) atoms. The average molecular weight is 321 g/mol. The van der Waals surface area contributed by atoms with Gasteiger partial charge in [-0.3, -0.25) is 0 Å². The number of benzene rings is 1. The van der Waals surface area contributed by atoms with Crippen molar-refractivity contribution < 1.29 is 0 Å². The van der Waals surface area contributed by atoms with Crippen LogP contribution in [0.4, 0.5) is 11.4 Å². The van der Waals surface area contributed by atoms with Gasteiger partial charge in [-0.05, 0) is 50.4 Å². The number of nitrogens with zero attached hydrogens (tertiary/aromatic N) is 3. The number of hydrogen-bond acceptors (Lipinski definition) is 4. The third-order valence-corrected chi connectivity index (χ3v) is 4.61. The van der Waals surface area contributed by atoms with Gasteiger partial charge in [0.15, 0.2) is 0 Å². The van der Waals surface area contributed by atoms with E-state index < -0.39 is 0 Å². The van der Waals surface area contributed by atoms with Gasteiger partial charge in [0, 0.05) is 44.6 Å². The standard InChI is InChI=1S/C19H36N4/c1-6-22(7-2)15-14-20-18-10-12-19(13-11-18)21(5)16-17-23(8-3)9-4/h10-13,20H,6-9,14-17H2,1-5H3. The Morgan fingerprint density at radius 3 is 1.78 bits per heavy atom. The van der Waals surface area contributed by atoms with Crippen LogP contribution in [0, 0.1) is 0 Å². The highest BCUT2D eigenvalue weighted by molar-refractivity contribution is 5.54. The molecule has 0 aromatic heterocycles. The van der Waals surface area contributed by atoms with Crippen LogP contribution in [0.1, 0.15) is 27.7 Å². The number of hydrogen-bond donors (Lipinski definition) is 1. The Kier molecular flexibility index (Phi) is 9.72. The van der Waals surface area contributed by atoms with Gasteiger partial charge in [-0.15, -0.1) is 0 Å². The van der Waals surface area contributed by atoms with Crippen molar-refractivity contribution in [1.29, 1.82) is 0 Å². The van der Waals surface area contributed by atoms with Gasteiger partial charge in [0.2, 0.25) is 0 Å². The first kappa shape index (κ1) is 19.8. The smallest absolute Gasteiger partial charge is 0.0365 e. The lowest BCUT2D eigenvalue weighted by molar-refractivity contribution is 0.311. The monoisotopic (exact) mass is 320 g/mol. The largest absolute Gasteiger partial charge is 0.384 e. The SMILES string of the molecule is CCN(CC)CCNc1ccc(N(C)CCN(CC)CC)cc1. The molecule has 0 aliphatic heterocycles. The van der Waals surface area contributed by atoms with Crippen LogP contribution in [0.5, 0.6) is 0 Å². The molecule has 0 radical (unpaired) electrons. The molecule has 1 rings (SSSR count). The molecule has 0 bridgehead atoms. The Morgan fingerprint density at radius 2 is 1.26 bits per heavy atom. The van der Waals surface area contributed by atoms with Crippen molar-refractivity contribution in [3.8, 4) is 0 Å². The highest BCUT2D eigenvalue weighted by atomic mass is 15.2. The quantitative estimate of drug-likeness (QED) is 0.638. The summed E-state index contributed by atoms with van der Waals surface area (Å²) in [7, 11) is 2.17. The van der Waals surface area contributed by atoms with Crippen LogP contribution in [0.25, 0.3) is 0 Å². The maximum absolute atomic E-state index is 3.51. The summed E-state index contributed by atoms with van der Waals surface area (Å²) in [6.07, 6.45) is 0. The van der Waals surface area contributed by atoms with Crippen molar-refractivity contribution in [2.45, 2.75) is 27.7 Å². The number of anilines is 2. The molecule has 132 valence electrons. The lowest BCUT2D eigenvalue weighted by Crippen LogP contribution is -2.33. The molecule has 0 saturated heterocycles. The van der Waals surface area contributed by atoms with Crippen LogP contribution in [-0.2, 0) is 0 Å². The molecule has 0 atom stereocenters. The predicted molar refractivity (Wildman–Crippen MR) is 104 cm³/mol. The molecule has 0 unspecified atom stereocenters. The Balaban J connectivity index is 2.40. The predicted octanol–water partition coefficient (Wildman–Crippen LogP) is 3.22. The third-order valence-electron chi connectivity index (χ3n) is 4.61. The minimum atomic E-state index is 0.999. The molecule has 1 aromatic rings. The first-order valence-corrected chi connectivity index (χ1v) is 9.14. The number of rotatable bonds is 12. The zero-order chi connectivity index (χ0) is 17.1. The van der Waals surface area contributed by atoms with Crippen molar-refractivity contribution in [2.24, 2.45) is 0 Å². The summed E-state index contributed by atoms with van der Waals surface area (Å²) < 4.78 is 0. The molecule has 0 saturated carbocycles. The van der Waals surface area contributed by atoms with E-state index in [-0.39, 0.29) is 0 Å². The fraction of sp³-hybridized carbons (Fsp3) is 0.684. The van der Waals surface area contributed by atoms with Gasteiger partial charge in [0.05, 0.1) is 0 Å². The van der Waals surface area contributed by atoms with E-state index in [2.05, 4.69) is 79.0 Å². The molecule has 0 amide bonds. The van der Waals surface area contributed by atoms with E-state index >= 15 is 0 Å². The molecule has 0 fully saturated rings. The topological polar surface area (TPSA) is 21.8 Å². The molecule has 4 nitrogen and oxygen atoms in total. The molecule has 0 spiro atoms. The van der Waals surface area contributed by atoms with Gasteiger partial charge >= 0.3 is 0 Å². The van der Waals surface area contributed by atoms with Crippen LogP contribution < -0.4 is 10.2 Å². The number of nitrogens with one attached hydrogen (secondary N) is 1. The molecule has 1 N–H and O–H groups in total. The second kappa shape index (κ2) is 11.3. The van der Waals surface area contributed by atoms with E-state index in [1.54, 1.807) is 0 Å². The van der Waals surface area contributed by atoms with E-state index in [4.69, 9.17) is 0 Å². The van der Waals surface area contributed by atoms with E-state index in [0.717, 1.165) is 52.4 Å². The number of likely N-dealkylation sites (N-methyl/N-ethyl adjacent to an activating group) is 3. The second-order valence-corrected chi connectivity index (χ2v) is 5.95. The van der Waals surface area contributed by atoms with Gasteiger partial charge in [0.25, 0.3) is 0 Å². The molecule has 0 aliphatic rings. The van der Waals surface area contributed by atoms with Gasteiger partial charge in [0.1, 0.15) is 0 Å². The van der Waals surface area contributed by atoms with E-state index in [9.17, 15) is 0 Å². The van der Waals surface area contributed by atoms with Crippen LogP contribution in [0.15, 0.2) is 24.3 Å². The first-order valence-electron chi connectivity index (χ1n) is 9.14. The molecule has 1 aromatic carbocycles. The summed E-state index contributed by atoms with van der Waals surface area (Å²) in [5.41, 5.74) is 2.49. The molecule has 4 heteroatoms. The van der Waals surface area contributed by atoms with Crippen LogP contribution in [0.3, 0.4) is 0 Å². The van der Waals surface area contributed by atoms with E-state index in [1.807, 2.05) is 0 Å². The summed E-state index contributed by atoms with van der Waals surface area (Å²) in [4.78, 5) is 7.22. The minimum Gasteiger partial charge on any atom is -0.384 e. The van der Waals surface area contributed by atoms with Crippen molar-refractivity contribution in [1.82, 2.24) is 9.80 Å². The summed E-state index contributed by atoms with van der Waals surface area (Å²) in [5.74, 6) is 0. The molecular weight excluding hydrogens is 284 g/mol. The maximum Gasteiger partial charge on any atom is 0.0365 e. The summed E-state index contributed by atoms with van der Waals surface area (Å²) in [6.45, 7) is 17.6. The Morgan fingerprint density at radius 1 is 0.739 bits per heavy atom. The van der Waals surface area contributed by atoms with Crippen molar-refractivity contribution in [3.05, 3.63) is 24.3 Å². The maximum atomic E-state index is 3.51. The molecule has 0 heterocycles. The van der Waals surface area contributed by atoms with Crippen LogP contribution in [-0.4, -0.2) is 69.2 Å². The van der Waals surface area contributed by atoms with Crippen molar-refractivity contribution in [3.63, 3.8) is 0 Å². The van der Waals surface area contributed by atoms with Crippen molar-refractivity contribution in [2.75, 3.05) is 69.6 Å². The Bertz CT molecular complexity index is 396. The van der Waals surface area contributed by atoms with Gasteiger partial charge in [-0.2, -0.15) is 0 Å². The molecule has 0 aliphatic carbocycles. The summed E-state index contributed by atoms with van der Waals surface area (Å²) in [5, 5.41) is 3.51. The van der Waals surface area contributed by atoms with Crippen LogP contribution >= 0.6 is 0 Å². The third kappa shape index (κ3) is 7.23. The second-order valence-electron chi connectivity index (χ2n) is 5.95. The fourth-order valence-electron chi connectivity index (χ4n) is 2.69. The minimum absolute atomic E-state index is 0.999. The van der Waals surface area contributed by atoms with Gasteiger partial charge < -0.3 is 20.0 Å². The highest BCUT2D eigenvalue weighted by Gasteiger charge is 2.04. The summed E-state index contributed by atoms with van der Waals surface area (Å²) in [6, 6.07) is 8.79. The fourth-order valence-corrected chi connectivity index (χ4v) is 2.69. The van der Waals surface area contributed by atoms with Gasteiger partial charge in [-0.25, -0.2) is 0 Å². The zero-order valence-electron chi connectivity index (χ0n) is 15.8. The molecular formula is C19H36N4. The van der Waals surface area contributed by atoms with Crippen LogP contribution in [0.2, 0.25) is 0 Å². The highest BCUT2D eigenvalue weighted by Crippen LogP contribution is 2.16. The normalized spacial score (nSPS) is 11.3. The summed E-state index contributed by atoms with van der Waals surface area (Å²) >= 11 is 0. The first-order chi connectivity index (χ1) is 11.1. The average Bonchev–Trinajstić information content (AvgIpc) is 2.60. The van der Waals surface area contributed by atoms with Gasteiger partial charge in [-0.1, -0.05) is 27.7 Å². The Hall–Kier alpha value is -1.26. The zero-order valence-corrected chi connectivity index (χ0v) is 15.8. The van der Waals surface area contributed by atoms with E-state index in [0.29, 0.717) is 0 Å². The lowest BCUT2D eigenvalue weighted by Gasteiger charge is -2.25. The lowest BCUT2D eigenvalue weighted by atomic mass is 10.2.